The molecule has 4 aliphatic heterocycles. The summed E-state index contributed by atoms with van der Waals surface area (Å²) in [5.74, 6) is 3.73. The smallest absolute Gasteiger partial charge is 0.744 e. The summed E-state index contributed by atoms with van der Waals surface area (Å²) >= 11 is 25.3. The largest absolute Gasteiger partial charge is 1.00 e. The van der Waals surface area contributed by atoms with E-state index < -0.39 is 20.2 Å². The van der Waals surface area contributed by atoms with Crippen molar-refractivity contribution in [2.75, 3.05) is 13.2 Å². The molecule has 0 saturated carbocycles. The number of hydrogen-bond acceptors (Lipinski definition) is 8. The molecular weight excluding hydrogens is 1260 g/mol. The van der Waals surface area contributed by atoms with Gasteiger partial charge in [0.25, 0.3) is 0 Å². The third kappa shape index (κ3) is 16.2. The van der Waals surface area contributed by atoms with E-state index in [9.17, 15) is 25.9 Å². The van der Waals surface area contributed by atoms with Crippen LogP contribution in [-0.2, 0) is 29.7 Å². The van der Waals surface area contributed by atoms with Gasteiger partial charge in [-0.3, -0.25) is 0 Å². The molecule has 0 amide bonds. The van der Waals surface area contributed by atoms with Gasteiger partial charge < -0.3 is 26.0 Å². The third-order valence-corrected chi connectivity index (χ3v) is 20.2. The molecule has 90 heavy (non-hydrogen) atoms. The van der Waals surface area contributed by atoms with Gasteiger partial charge in [0.1, 0.15) is 20.2 Å². The molecule has 8 aromatic carbocycles. The van der Waals surface area contributed by atoms with E-state index in [1.54, 1.807) is 72.8 Å². The normalized spacial score (nSPS) is 22.6. The molecular formula is C73H77Cl4N2NaO8S2. The van der Waals surface area contributed by atoms with Crippen molar-refractivity contribution in [3.63, 3.8) is 0 Å². The summed E-state index contributed by atoms with van der Waals surface area (Å²) in [7, 11) is -8.76. The fourth-order valence-corrected chi connectivity index (χ4v) is 15.4. The number of halogens is 4. The molecule has 12 rings (SSSR count). The fourth-order valence-electron chi connectivity index (χ4n) is 13.3. The maximum atomic E-state index is 10.9. The van der Waals surface area contributed by atoms with Gasteiger partial charge in [0.05, 0.1) is 32.5 Å². The maximum Gasteiger partial charge on any atom is 1.00 e. The van der Waals surface area contributed by atoms with Crippen molar-refractivity contribution in [1.29, 1.82) is 0 Å². The standard InChI is InChI=1S/2C26H30Cl2NO.2C10H8O3S.CH3.Na/c2*1-5-13-26(4)15-22(19-7-6-8-21(28)14-19)24(18-9-11-20(27)12-10-18)29-23(17(2)3)16-30-25(26)29;2*11-14(12,13)10-7-3-5-8-4-1-2-6-9(8)10;;/h2*5-12,14,17,22-24H,1,13,15-16H2,2-4H3;2*1-7H,(H,11,12,13);1H3;/q2*+1;;;-1;+1/p-2/t2*22-,23-,24-,26+;;;;/m11..../s1. The predicted molar refractivity (Wildman–Crippen MR) is 362 cm³/mol. The van der Waals surface area contributed by atoms with Crippen molar-refractivity contribution in [2.45, 2.75) is 113 Å². The van der Waals surface area contributed by atoms with Crippen molar-refractivity contribution in [3.05, 3.63) is 257 Å². The molecule has 0 radical (unpaired) electrons. The van der Waals surface area contributed by atoms with E-state index in [1.807, 2.05) is 48.6 Å². The number of rotatable bonds is 12. The van der Waals surface area contributed by atoms with Crippen molar-refractivity contribution < 1.29 is 74.1 Å². The first-order chi connectivity index (χ1) is 41.8. The molecule has 0 bridgehead atoms. The van der Waals surface area contributed by atoms with Crippen LogP contribution in [0, 0.1) is 30.1 Å². The molecule has 0 saturated heterocycles. The Labute approximate surface area is 575 Å². The summed E-state index contributed by atoms with van der Waals surface area (Å²) < 4.78 is 83.3. The Balaban J connectivity index is 0.000000179. The first kappa shape index (κ1) is 72.1. The predicted octanol–water partition coefficient (Wildman–Crippen LogP) is 15.5. The molecule has 8 aromatic rings. The van der Waals surface area contributed by atoms with Crippen LogP contribution in [0.15, 0.2) is 217 Å². The van der Waals surface area contributed by atoms with Gasteiger partial charge in [0.15, 0.2) is 37.4 Å². The molecule has 4 aliphatic rings. The molecule has 0 aromatic heterocycles. The SMILES string of the molecule is C=CC[C@@]1(C)C[C@H](c2cccc(Cl)c2)[C@@H](c2ccc(Cl)cc2)[N+]2=C1OC[C@@H]2C(C)C.C=CC[C@@]1(C)C[C@H](c2cccc(Cl)c2)[C@@H](c2ccc(Cl)cc2)[N+]2=C1OC[C@@H]2C(C)C.O=S(=O)([O-])c1cccc2ccccc12.O=S(=O)([O-])c1cccc2ccccc12.[CH3-].[Na+]. The summed E-state index contributed by atoms with van der Waals surface area (Å²) in [5, 5.41) is 5.53. The van der Waals surface area contributed by atoms with Gasteiger partial charge in [-0.15, -0.1) is 13.2 Å². The van der Waals surface area contributed by atoms with E-state index >= 15 is 0 Å². The van der Waals surface area contributed by atoms with Crippen LogP contribution in [-0.4, -0.2) is 72.2 Å². The average molecular weight is 1340 g/mol. The molecule has 8 atom stereocenters. The second-order valence-electron chi connectivity index (χ2n) is 24.4. The summed E-state index contributed by atoms with van der Waals surface area (Å²) in [5.41, 5.74) is 4.87. The van der Waals surface area contributed by atoms with Gasteiger partial charge in [-0.1, -0.05) is 208 Å². The van der Waals surface area contributed by atoms with Crippen LogP contribution in [0.25, 0.3) is 21.5 Å². The molecule has 10 nitrogen and oxygen atoms in total. The molecule has 0 aliphatic carbocycles. The van der Waals surface area contributed by atoms with Gasteiger partial charge in [-0.05, 0) is 133 Å². The van der Waals surface area contributed by atoms with Crippen molar-refractivity contribution in [3.8, 4) is 0 Å². The Morgan fingerprint density at radius 2 is 0.833 bits per heavy atom. The zero-order valence-electron chi connectivity index (χ0n) is 52.2. The third-order valence-electron chi connectivity index (χ3n) is 17.4. The second kappa shape index (κ2) is 30.6. The van der Waals surface area contributed by atoms with Crippen LogP contribution in [0.3, 0.4) is 0 Å². The van der Waals surface area contributed by atoms with Crippen LogP contribution >= 0.6 is 46.4 Å². The summed E-state index contributed by atoms with van der Waals surface area (Å²) in [6.07, 6.45) is 7.76. The minimum atomic E-state index is -4.38. The van der Waals surface area contributed by atoms with Crippen molar-refractivity contribution in [2.24, 2.45) is 22.7 Å². The fraction of sp³-hybridized carbons (Fsp3) is 0.301. The minimum absolute atomic E-state index is 0. The molecule has 0 N–H and O–H groups in total. The molecule has 0 spiro atoms. The topological polar surface area (TPSA) is 139 Å². The van der Waals surface area contributed by atoms with Gasteiger partial charge in [0, 0.05) is 43.1 Å². The van der Waals surface area contributed by atoms with E-state index in [4.69, 9.17) is 55.9 Å². The summed E-state index contributed by atoms with van der Waals surface area (Å²) in [6.45, 7) is 23.3. The van der Waals surface area contributed by atoms with Crippen LogP contribution in [0.2, 0.25) is 20.1 Å². The second-order valence-corrected chi connectivity index (χ2v) is 28.8. The van der Waals surface area contributed by atoms with Crippen LogP contribution in [0.4, 0.5) is 0 Å². The maximum absolute atomic E-state index is 10.9. The van der Waals surface area contributed by atoms with Crippen molar-refractivity contribution >= 4 is 100.0 Å². The van der Waals surface area contributed by atoms with Crippen LogP contribution in [0.5, 0.6) is 0 Å². The van der Waals surface area contributed by atoms with E-state index in [0.717, 1.165) is 81.6 Å². The number of allylic oxidation sites excluding steroid dienone is 2. The van der Waals surface area contributed by atoms with Crippen LogP contribution < -0.4 is 29.6 Å². The number of ether oxygens (including phenoxy) is 2. The van der Waals surface area contributed by atoms with Crippen LogP contribution in [0.1, 0.15) is 113 Å². The quantitative estimate of drug-likeness (QED) is 0.0387. The van der Waals surface area contributed by atoms with E-state index in [2.05, 4.69) is 125 Å². The van der Waals surface area contributed by atoms with Crippen molar-refractivity contribution in [1.82, 2.24) is 0 Å². The monoisotopic (exact) mass is 1340 g/mol. The number of nitrogens with zero attached hydrogens (tertiary/aromatic N) is 2. The summed E-state index contributed by atoms with van der Waals surface area (Å²) in [4.78, 5) is -0.314. The van der Waals surface area contributed by atoms with Gasteiger partial charge >= 0.3 is 41.4 Å². The number of hydrogen-bond donors (Lipinski definition) is 0. The van der Waals surface area contributed by atoms with E-state index in [1.165, 1.54) is 34.4 Å². The van der Waals surface area contributed by atoms with Gasteiger partial charge in [-0.2, -0.15) is 9.15 Å². The first-order valence-electron chi connectivity index (χ1n) is 29.5. The first-order valence-corrected chi connectivity index (χ1v) is 33.9. The Bertz CT molecular complexity index is 3870. The Hall–Kier alpha value is -5.32. The Morgan fingerprint density at radius 3 is 1.16 bits per heavy atom. The number of fused-ring (bicyclic) bond motifs is 2. The van der Waals surface area contributed by atoms with Gasteiger partial charge in [-0.25, -0.2) is 16.8 Å². The zero-order chi connectivity index (χ0) is 63.3. The zero-order valence-corrected chi connectivity index (χ0v) is 58.9. The Kier molecular flexibility index (Phi) is 24.5. The summed E-state index contributed by atoms with van der Waals surface area (Å²) in [6, 6.07) is 57.4. The van der Waals surface area contributed by atoms with Gasteiger partial charge in [0.2, 0.25) is 0 Å². The van der Waals surface area contributed by atoms with E-state index in [0.29, 0.717) is 34.7 Å². The molecule has 4 heterocycles. The minimum Gasteiger partial charge on any atom is -0.744 e. The number of benzene rings is 8. The average Bonchev–Trinajstić information content (AvgIpc) is 1.47. The molecule has 468 valence electrons. The molecule has 0 unspecified atom stereocenters. The molecule has 0 fully saturated rings. The Morgan fingerprint density at radius 1 is 0.500 bits per heavy atom. The molecule has 17 heteroatoms. The van der Waals surface area contributed by atoms with E-state index in [-0.39, 0.29) is 81.5 Å².